The Kier molecular flexibility index (Phi) is 5.67. The summed E-state index contributed by atoms with van der Waals surface area (Å²) in [5, 5.41) is 3.43. The standard InChI is InChI=1S/C15H24BrNO/c1-6-15(4,5)18-14-9-8-12(16)10-13(14)11(3)17-7-2/h8-11,17H,6-7H2,1-5H3. The van der Waals surface area contributed by atoms with Crippen molar-refractivity contribution < 1.29 is 4.74 Å². The first-order chi connectivity index (χ1) is 8.39. The molecule has 0 fully saturated rings. The van der Waals surface area contributed by atoms with E-state index in [0.717, 1.165) is 23.2 Å². The van der Waals surface area contributed by atoms with Crippen molar-refractivity contribution in [1.82, 2.24) is 5.32 Å². The molecule has 0 radical (unpaired) electrons. The molecule has 1 aromatic rings. The Labute approximate surface area is 119 Å². The van der Waals surface area contributed by atoms with E-state index in [2.05, 4.69) is 61.9 Å². The number of benzene rings is 1. The third-order valence-corrected chi connectivity index (χ3v) is 3.68. The molecule has 102 valence electrons. The molecule has 1 atom stereocenters. The lowest BCUT2D eigenvalue weighted by Crippen LogP contribution is -2.28. The molecule has 1 rings (SSSR count). The second kappa shape index (κ2) is 6.58. The molecule has 0 bridgehead atoms. The zero-order chi connectivity index (χ0) is 13.8. The van der Waals surface area contributed by atoms with Crippen LogP contribution in [0.15, 0.2) is 22.7 Å². The summed E-state index contributed by atoms with van der Waals surface area (Å²) in [5.41, 5.74) is 1.07. The number of nitrogens with one attached hydrogen (secondary N) is 1. The van der Waals surface area contributed by atoms with E-state index in [0.29, 0.717) is 0 Å². The molecule has 0 saturated carbocycles. The second-order valence-corrected chi connectivity index (χ2v) is 6.09. The van der Waals surface area contributed by atoms with Gasteiger partial charge in [0.25, 0.3) is 0 Å². The maximum Gasteiger partial charge on any atom is 0.124 e. The molecule has 0 spiro atoms. The SMILES string of the molecule is CCNC(C)c1cc(Br)ccc1OC(C)(C)CC. The topological polar surface area (TPSA) is 21.3 Å². The van der Waals surface area contributed by atoms with Crippen molar-refractivity contribution in [2.24, 2.45) is 0 Å². The van der Waals surface area contributed by atoms with Gasteiger partial charge in [0.1, 0.15) is 11.4 Å². The highest BCUT2D eigenvalue weighted by Crippen LogP contribution is 2.31. The van der Waals surface area contributed by atoms with Gasteiger partial charge in [-0.1, -0.05) is 29.8 Å². The number of hydrogen-bond donors (Lipinski definition) is 1. The molecule has 0 aromatic heterocycles. The van der Waals surface area contributed by atoms with E-state index < -0.39 is 0 Å². The number of ether oxygens (including phenoxy) is 1. The van der Waals surface area contributed by atoms with Gasteiger partial charge in [-0.3, -0.25) is 0 Å². The molecule has 1 N–H and O–H groups in total. The molecule has 1 aromatic carbocycles. The highest BCUT2D eigenvalue weighted by Gasteiger charge is 2.20. The zero-order valence-electron chi connectivity index (χ0n) is 12.0. The Balaban J connectivity index is 3.03. The quantitative estimate of drug-likeness (QED) is 0.822. The van der Waals surface area contributed by atoms with E-state index in [9.17, 15) is 0 Å². The van der Waals surface area contributed by atoms with E-state index in [1.54, 1.807) is 0 Å². The van der Waals surface area contributed by atoms with Crippen molar-refractivity contribution in [3.05, 3.63) is 28.2 Å². The summed E-state index contributed by atoms with van der Waals surface area (Å²) < 4.78 is 7.23. The average molecular weight is 314 g/mol. The predicted molar refractivity (Wildman–Crippen MR) is 81.2 cm³/mol. The van der Waals surface area contributed by atoms with Gasteiger partial charge in [-0.15, -0.1) is 0 Å². The minimum absolute atomic E-state index is 0.130. The fraction of sp³-hybridized carbons (Fsp3) is 0.600. The Morgan fingerprint density at radius 2 is 2.00 bits per heavy atom. The number of rotatable bonds is 6. The van der Waals surface area contributed by atoms with Crippen molar-refractivity contribution >= 4 is 15.9 Å². The summed E-state index contributed by atoms with van der Waals surface area (Å²) in [5.74, 6) is 0.971. The van der Waals surface area contributed by atoms with E-state index in [4.69, 9.17) is 4.74 Å². The Morgan fingerprint density at radius 3 is 2.56 bits per heavy atom. The van der Waals surface area contributed by atoms with Gasteiger partial charge in [0.15, 0.2) is 0 Å². The highest BCUT2D eigenvalue weighted by atomic mass is 79.9. The zero-order valence-corrected chi connectivity index (χ0v) is 13.6. The third-order valence-electron chi connectivity index (χ3n) is 3.19. The van der Waals surface area contributed by atoms with Crippen LogP contribution in [0.1, 0.15) is 52.6 Å². The van der Waals surface area contributed by atoms with Crippen LogP contribution in [0.4, 0.5) is 0 Å². The van der Waals surface area contributed by atoms with E-state index in [1.807, 2.05) is 12.1 Å². The van der Waals surface area contributed by atoms with Crippen molar-refractivity contribution in [1.29, 1.82) is 0 Å². The molecular formula is C15H24BrNO. The van der Waals surface area contributed by atoms with Crippen molar-refractivity contribution in [2.45, 2.75) is 52.7 Å². The fourth-order valence-electron chi connectivity index (χ4n) is 1.74. The normalized spacial score (nSPS) is 13.4. The maximum atomic E-state index is 6.14. The lowest BCUT2D eigenvalue weighted by atomic mass is 10.0. The molecule has 0 amide bonds. The maximum absolute atomic E-state index is 6.14. The average Bonchev–Trinajstić information content (AvgIpc) is 2.31. The van der Waals surface area contributed by atoms with Gasteiger partial charge in [-0.25, -0.2) is 0 Å². The minimum Gasteiger partial charge on any atom is -0.488 e. The summed E-state index contributed by atoms with van der Waals surface area (Å²) in [4.78, 5) is 0. The highest BCUT2D eigenvalue weighted by molar-refractivity contribution is 9.10. The van der Waals surface area contributed by atoms with Crippen molar-refractivity contribution in [3.8, 4) is 5.75 Å². The molecule has 18 heavy (non-hydrogen) atoms. The van der Waals surface area contributed by atoms with Crippen LogP contribution in [0.2, 0.25) is 0 Å². The fourth-order valence-corrected chi connectivity index (χ4v) is 2.12. The van der Waals surface area contributed by atoms with Gasteiger partial charge in [-0.2, -0.15) is 0 Å². The minimum atomic E-state index is -0.130. The van der Waals surface area contributed by atoms with Gasteiger partial charge in [0.05, 0.1) is 0 Å². The molecular weight excluding hydrogens is 290 g/mol. The van der Waals surface area contributed by atoms with Crippen LogP contribution in [0.3, 0.4) is 0 Å². The first kappa shape index (κ1) is 15.5. The molecule has 0 saturated heterocycles. The summed E-state index contributed by atoms with van der Waals surface area (Å²) in [6.07, 6.45) is 0.984. The van der Waals surface area contributed by atoms with Crippen LogP contribution < -0.4 is 10.1 Å². The smallest absolute Gasteiger partial charge is 0.124 e. The van der Waals surface area contributed by atoms with Crippen LogP contribution in [-0.4, -0.2) is 12.1 Å². The summed E-state index contributed by atoms with van der Waals surface area (Å²) >= 11 is 3.53. The first-order valence-corrected chi connectivity index (χ1v) is 7.40. The molecule has 1 unspecified atom stereocenters. The molecule has 0 aliphatic carbocycles. The van der Waals surface area contributed by atoms with Crippen LogP contribution >= 0.6 is 15.9 Å². The second-order valence-electron chi connectivity index (χ2n) is 5.18. The van der Waals surface area contributed by atoms with Gasteiger partial charge in [0, 0.05) is 16.1 Å². The van der Waals surface area contributed by atoms with Crippen LogP contribution in [0, 0.1) is 0 Å². The van der Waals surface area contributed by atoms with E-state index in [-0.39, 0.29) is 11.6 Å². The van der Waals surface area contributed by atoms with Gasteiger partial charge in [-0.05, 0) is 51.9 Å². The number of hydrogen-bond acceptors (Lipinski definition) is 2. The largest absolute Gasteiger partial charge is 0.488 e. The Morgan fingerprint density at radius 1 is 1.33 bits per heavy atom. The Bertz CT molecular complexity index is 390. The summed E-state index contributed by atoms with van der Waals surface area (Å²) in [6, 6.07) is 6.50. The lowest BCUT2D eigenvalue weighted by Gasteiger charge is -2.28. The Hall–Kier alpha value is -0.540. The van der Waals surface area contributed by atoms with Gasteiger partial charge < -0.3 is 10.1 Å². The van der Waals surface area contributed by atoms with E-state index in [1.165, 1.54) is 5.56 Å². The van der Waals surface area contributed by atoms with Crippen molar-refractivity contribution in [2.75, 3.05) is 6.54 Å². The molecule has 0 aliphatic heterocycles. The lowest BCUT2D eigenvalue weighted by molar-refractivity contribution is 0.103. The molecule has 3 heteroatoms. The van der Waals surface area contributed by atoms with Crippen LogP contribution in [0.5, 0.6) is 5.75 Å². The molecule has 0 heterocycles. The first-order valence-electron chi connectivity index (χ1n) is 6.61. The summed E-state index contributed by atoms with van der Waals surface area (Å²) in [7, 11) is 0. The number of halogens is 1. The van der Waals surface area contributed by atoms with Gasteiger partial charge >= 0.3 is 0 Å². The van der Waals surface area contributed by atoms with Crippen LogP contribution in [0.25, 0.3) is 0 Å². The van der Waals surface area contributed by atoms with Gasteiger partial charge in [0.2, 0.25) is 0 Å². The third kappa shape index (κ3) is 4.29. The van der Waals surface area contributed by atoms with Crippen LogP contribution in [-0.2, 0) is 0 Å². The van der Waals surface area contributed by atoms with Crippen molar-refractivity contribution in [3.63, 3.8) is 0 Å². The van der Waals surface area contributed by atoms with E-state index >= 15 is 0 Å². The monoisotopic (exact) mass is 313 g/mol. The summed E-state index contributed by atoms with van der Waals surface area (Å²) in [6.45, 7) is 11.6. The molecule has 2 nitrogen and oxygen atoms in total. The molecule has 0 aliphatic rings. The predicted octanol–water partition coefficient (Wildman–Crippen LogP) is 4.69.